The molecule has 0 radical (unpaired) electrons. The van der Waals surface area contributed by atoms with Crippen LogP contribution in [0.5, 0.6) is 0 Å². The summed E-state index contributed by atoms with van der Waals surface area (Å²) >= 11 is 0. The minimum absolute atomic E-state index is 0.308. The number of para-hydroxylation sites is 1. The Balaban J connectivity index is 1.52. The third-order valence-electron chi connectivity index (χ3n) is 6.73. The first-order chi connectivity index (χ1) is 16.6. The molecule has 172 valence electrons. The van der Waals surface area contributed by atoms with Gasteiger partial charge in [0.15, 0.2) is 0 Å². The lowest BCUT2D eigenvalue weighted by atomic mass is 9.92. The maximum absolute atomic E-state index is 11.2. The van der Waals surface area contributed by atoms with Crippen LogP contribution in [0.3, 0.4) is 0 Å². The lowest BCUT2D eigenvalue weighted by Gasteiger charge is -2.13. The van der Waals surface area contributed by atoms with Gasteiger partial charge in [-0.3, -0.25) is 0 Å². The molecule has 3 aromatic carbocycles. The number of nitrogens with zero attached hydrogens (tertiary/aromatic N) is 2. The Kier molecular flexibility index (Phi) is 6.31. The van der Waals surface area contributed by atoms with E-state index in [1.807, 2.05) is 12.1 Å². The van der Waals surface area contributed by atoms with Crippen LogP contribution in [0.1, 0.15) is 66.3 Å². The molecule has 5 rings (SSSR count). The lowest BCUT2D eigenvalue weighted by Crippen LogP contribution is -2.05. The molecule has 0 unspecified atom stereocenters. The average Bonchev–Trinajstić information content (AvgIpc) is 3.22. The van der Waals surface area contributed by atoms with Crippen molar-refractivity contribution in [3.8, 4) is 11.1 Å². The highest BCUT2D eigenvalue weighted by Crippen LogP contribution is 2.32. The van der Waals surface area contributed by atoms with Gasteiger partial charge in [-0.25, -0.2) is 9.78 Å². The molecule has 0 aliphatic heterocycles. The Bertz CT molecular complexity index is 1350. The van der Waals surface area contributed by atoms with Crippen molar-refractivity contribution in [1.29, 1.82) is 0 Å². The van der Waals surface area contributed by atoms with Crippen LogP contribution in [0, 0.1) is 0 Å². The fraction of sp³-hybridized carbons (Fsp3) is 0.267. The minimum atomic E-state index is -0.901. The van der Waals surface area contributed by atoms with Gasteiger partial charge in [-0.15, -0.1) is 0 Å². The fourth-order valence-corrected chi connectivity index (χ4v) is 4.92. The average molecular weight is 451 g/mol. The number of aromatic nitrogens is 2. The number of aromatic carboxylic acids is 1. The maximum atomic E-state index is 11.2. The van der Waals surface area contributed by atoms with E-state index >= 15 is 0 Å². The van der Waals surface area contributed by atoms with E-state index in [1.54, 1.807) is 12.1 Å². The second-order valence-corrected chi connectivity index (χ2v) is 9.09. The summed E-state index contributed by atoms with van der Waals surface area (Å²) in [5, 5.41) is 9.20. The lowest BCUT2D eigenvalue weighted by molar-refractivity contribution is 0.0697. The highest BCUT2D eigenvalue weighted by Gasteiger charge is 2.15. The smallest absolute Gasteiger partial charge is 0.335 e. The Labute approximate surface area is 200 Å². The van der Waals surface area contributed by atoms with Crippen molar-refractivity contribution >= 4 is 22.6 Å². The van der Waals surface area contributed by atoms with Gasteiger partial charge in [-0.1, -0.05) is 61.5 Å². The molecule has 1 aliphatic rings. The van der Waals surface area contributed by atoms with E-state index in [9.17, 15) is 9.90 Å². The summed E-state index contributed by atoms with van der Waals surface area (Å²) in [4.78, 5) is 16.3. The van der Waals surface area contributed by atoms with E-state index in [0.717, 1.165) is 40.8 Å². The second-order valence-electron chi connectivity index (χ2n) is 9.09. The first kappa shape index (κ1) is 22.1. The minimum Gasteiger partial charge on any atom is -0.478 e. The van der Waals surface area contributed by atoms with Crippen molar-refractivity contribution in [2.24, 2.45) is 0 Å². The Hall–Kier alpha value is -3.66. The van der Waals surface area contributed by atoms with Crippen molar-refractivity contribution in [1.82, 2.24) is 9.55 Å². The molecule has 1 heterocycles. The van der Waals surface area contributed by atoms with Gasteiger partial charge in [0.1, 0.15) is 5.82 Å². The van der Waals surface area contributed by atoms with Crippen molar-refractivity contribution in [3.05, 3.63) is 95.3 Å². The van der Waals surface area contributed by atoms with Crippen LogP contribution in [0.15, 0.2) is 72.8 Å². The van der Waals surface area contributed by atoms with Crippen molar-refractivity contribution < 1.29 is 9.90 Å². The molecule has 1 aliphatic carbocycles. The normalized spacial score (nSPS) is 13.7. The molecular formula is C30H30N2O2. The number of carboxylic acid groups (broad SMARTS) is 1. The molecule has 0 atom stereocenters. The molecular weight excluding hydrogens is 420 g/mol. The zero-order valence-corrected chi connectivity index (χ0v) is 19.6. The van der Waals surface area contributed by atoms with Crippen LogP contribution in [0.2, 0.25) is 0 Å². The van der Waals surface area contributed by atoms with E-state index in [-0.39, 0.29) is 0 Å². The number of fused-ring (bicyclic) bond motifs is 1. The van der Waals surface area contributed by atoms with Gasteiger partial charge in [-0.05, 0) is 72.6 Å². The molecule has 34 heavy (non-hydrogen) atoms. The van der Waals surface area contributed by atoms with E-state index in [4.69, 9.17) is 4.98 Å². The molecule has 0 fully saturated rings. The SMILES string of the molecule is CCCc1nc2c(-c3ccc(C4=CCCCC4)cc3)cccc2n1Cc1ccc(C(=O)O)cc1. The van der Waals surface area contributed by atoms with Gasteiger partial charge in [0.2, 0.25) is 0 Å². The van der Waals surface area contributed by atoms with Gasteiger partial charge >= 0.3 is 5.97 Å². The largest absolute Gasteiger partial charge is 0.478 e. The van der Waals surface area contributed by atoms with Crippen LogP contribution >= 0.6 is 0 Å². The zero-order valence-electron chi connectivity index (χ0n) is 19.6. The van der Waals surface area contributed by atoms with Crippen LogP contribution in [-0.2, 0) is 13.0 Å². The van der Waals surface area contributed by atoms with Crippen molar-refractivity contribution in [2.75, 3.05) is 0 Å². The van der Waals surface area contributed by atoms with E-state index in [1.165, 1.54) is 42.4 Å². The molecule has 0 saturated heterocycles. The van der Waals surface area contributed by atoms with Crippen LogP contribution in [-0.4, -0.2) is 20.6 Å². The quantitative estimate of drug-likeness (QED) is 0.320. The number of benzene rings is 3. The number of allylic oxidation sites excluding steroid dienone is 2. The molecule has 0 amide bonds. The third kappa shape index (κ3) is 4.41. The summed E-state index contributed by atoms with van der Waals surface area (Å²) in [6.07, 6.45) is 9.25. The molecule has 4 heteroatoms. The number of rotatable bonds is 7. The van der Waals surface area contributed by atoms with Crippen molar-refractivity contribution in [2.45, 2.75) is 52.0 Å². The third-order valence-corrected chi connectivity index (χ3v) is 6.73. The molecule has 4 aromatic rings. The van der Waals surface area contributed by atoms with Crippen LogP contribution in [0.25, 0.3) is 27.7 Å². The van der Waals surface area contributed by atoms with Gasteiger partial charge < -0.3 is 9.67 Å². The second kappa shape index (κ2) is 9.68. The predicted octanol–water partition coefficient (Wildman–Crippen LogP) is 7.36. The highest BCUT2D eigenvalue weighted by atomic mass is 16.4. The predicted molar refractivity (Wildman–Crippen MR) is 138 cm³/mol. The molecule has 4 nitrogen and oxygen atoms in total. The monoisotopic (exact) mass is 450 g/mol. The van der Waals surface area contributed by atoms with E-state index < -0.39 is 5.97 Å². The van der Waals surface area contributed by atoms with Crippen LogP contribution in [0.4, 0.5) is 0 Å². The topological polar surface area (TPSA) is 55.1 Å². The number of hydrogen-bond acceptors (Lipinski definition) is 2. The molecule has 1 N–H and O–H groups in total. The molecule has 0 saturated carbocycles. The Morgan fingerprint density at radius 2 is 1.74 bits per heavy atom. The number of hydrogen-bond donors (Lipinski definition) is 1. The summed E-state index contributed by atoms with van der Waals surface area (Å²) in [6, 6.07) is 22.5. The maximum Gasteiger partial charge on any atom is 0.335 e. The number of imidazole rings is 1. The first-order valence-electron chi connectivity index (χ1n) is 12.2. The highest BCUT2D eigenvalue weighted by molar-refractivity contribution is 5.93. The standard InChI is InChI=1S/C30H30N2O2/c1-2-7-28-31-29-26(24-18-16-23(17-19-24)22-8-4-3-5-9-22)10-6-11-27(29)32(28)20-21-12-14-25(15-13-21)30(33)34/h6,8,10-19H,2-5,7,9,20H2,1H3,(H,33,34). The fourth-order valence-electron chi connectivity index (χ4n) is 4.92. The molecule has 0 bridgehead atoms. The summed E-state index contributed by atoms with van der Waals surface area (Å²) < 4.78 is 2.28. The van der Waals surface area contributed by atoms with Gasteiger partial charge in [-0.2, -0.15) is 0 Å². The van der Waals surface area contributed by atoms with E-state index in [0.29, 0.717) is 12.1 Å². The Morgan fingerprint density at radius 3 is 2.41 bits per heavy atom. The van der Waals surface area contributed by atoms with E-state index in [2.05, 4.69) is 60.0 Å². The van der Waals surface area contributed by atoms with Gasteiger partial charge in [0.25, 0.3) is 0 Å². The van der Waals surface area contributed by atoms with Crippen molar-refractivity contribution in [3.63, 3.8) is 0 Å². The van der Waals surface area contributed by atoms with Gasteiger partial charge in [0, 0.05) is 18.5 Å². The molecule has 0 spiro atoms. The summed E-state index contributed by atoms with van der Waals surface area (Å²) in [6.45, 7) is 2.84. The van der Waals surface area contributed by atoms with Gasteiger partial charge in [0.05, 0.1) is 16.6 Å². The zero-order chi connectivity index (χ0) is 23.5. The summed E-state index contributed by atoms with van der Waals surface area (Å²) in [7, 11) is 0. The molecule has 1 aromatic heterocycles. The number of carboxylic acids is 1. The first-order valence-corrected chi connectivity index (χ1v) is 12.2. The number of carbonyl (C=O) groups is 1. The Morgan fingerprint density at radius 1 is 0.971 bits per heavy atom. The van der Waals surface area contributed by atoms with Crippen LogP contribution < -0.4 is 0 Å². The number of aryl methyl sites for hydroxylation is 1. The summed E-state index contributed by atoms with van der Waals surface area (Å²) in [5.74, 6) is 0.165. The summed E-state index contributed by atoms with van der Waals surface area (Å²) in [5.41, 5.74) is 8.65.